The van der Waals surface area contributed by atoms with Crippen LogP contribution in [-0.2, 0) is 4.79 Å². The predicted octanol–water partition coefficient (Wildman–Crippen LogP) is 1.75. The van der Waals surface area contributed by atoms with Crippen molar-refractivity contribution in [1.29, 1.82) is 0 Å². The number of piperidine rings is 1. The molecule has 1 N–H and O–H groups in total. The Hall–Kier alpha value is -0.370. The van der Waals surface area contributed by atoms with E-state index < -0.39 is 0 Å². The van der Waals surface area contributed by atoms with Crippen molar-refractivity contribution in [2.45, 2.75) is 38.5 Å². The molecule has 0 bridgehead atoms. The standard InChI is InChI=1S/C11H19NO/c13-11-5-6-12-8-10(11)7-9-3-1-2-4-9/h9-10,12H,1-8H2. The van der Waals surface area contributed by atoms with Gasteiger partial charge < -0.3 is 5.32 Å². The predicted molar refractivity (Wildman–Crippen MR) is 52.6 cm³/mol. The minimum absolute atomic E-state index is 0.344. The quantitative estimate of drug-likeness (QED) is 0.703. The molecule has 74 valence electrons. The molecule has 2 heteroatoms. The summed E-state index contributed by atoms with van der Waals surface area (Å²) in [5.74, 6) is 1.70. The van der Waals surface area contributed by atoms with Crippen molar-refractivity contribution in [1.82, 2.24) is 5.32 Å². The molecule has 1 unspecified atom stereocenters. The van der Waals surface area contributed by atoms with Gasteiger partial charge in [0.1, 0.15) is 5.78 Å². The summed E-state index contributed by atoms with van der Waals surface area (Å²) in [6.45, 7) is 1.84. The lowest BCUT2D eigenvalue weighted by Crippen LogP contribution is -2.37. The van der Waals surface area contributed by atoms with Gasteiger partial charge in [-0.05, 0) is 12.3 Å². The van der Waals surface area contributed by atoms with Crippen LogP contribution in [0.4, 0.5) is 0 Å². The Labute approximate surface area is 80.1 Å². The van der Waals surface area contributed by atoms with Gasteiger partial charge in [-0.15, -0.1) is 0 Å². The largest absolute Gasteiger partial charge is 0.316 e. The maximum atomic E-state index is 11.5. The second kappa shape index (κ2) is 4.23. The van der Waals surface area contributed by atoms with Gasteiger partial charge in [0.2, 0.25) is 0 Å². The van der Waals surface area contributed by atoms with Crippen LogP contribution in [0, 0.1) is 11.8 Å². The molecule has 2 nitrogen and oxygen atoms in total. The first-order valence-corrected chi connectivity index (χ1v) is 5.59. The van der Waals surface area contributed by atoms with Gasteiger partial charge in [-0.3, -0.25) is 4.79 Å². The van der Waals surface area contributed by atoms with Gasteiger partial charge in [-0.25, -0.2) is 0 Å². The first-order chi connectivity index (χ1) is 6.36. The van der Waals surface area contributed by atoms with Crippen LogP contribution >= 0.6 is 0 Å². The van der Waals surface area contributed by atoms with Gasteiger partial charge in [0, 0.05) is 25.4 Å². The molecule has 0 aromatic carbocycles. The lowest BCUT2D eigenvalue weighted by molar-refractivity contribution is -0.124. The summed E-state index contributed by atoms with van der Waals surface area (Å²) in [6, 6.07) is 0. The van der Waals surface area contributed by atoms with Crippen LogP contribution in [0.5, 0.6) is 0 Å². The average Bonchev–Trinajstić information content (AvgIpc) is 2.61. The Morgan fingerprint density at radius 3 is 2.77 bits per heavy atom. The van der Waals surface area contributed by atoms with E-state index in [1.165, 1.54) is 25.7 Å². The van der Waals surface area contributed by atoms with Crippen LogP contribution in [-0.4, -0.2) is 18.9 Å². The maximum absolute atomic E-state index is 11.5. The average molecular weight is 181 g/mol. The van der Waals surface area contributed by atoms with E-state index in [4.69, 9.17) is 0 Å². The second-order valence-corrected chi connectivity index (χ2v) is 4.50. The zero-order chi connectivity index (χ0) is 9.10. The zero-order valence-electron chi connectivity index (χ0n) is 8.22. The lowest BCUT2D eigenvalue weighted by atomic mass is 9.87. The molecule has 1 saturated carbocycles. The molecule has 1 aliphatic heterocycles. The van der Waals surface area contributed by atoms with E-state index in [0.717, 1.165) is 31.8 Å². The monoisotopic (exact) mass is 181 g/mol. The van der Waals surface area contributed by atoms with Crippen LogP contribution in [0.1, 0.15) is 38.5 Å². The third-order valence-electron chi connectivity index (χ3n) is 3.49. The number of ketones is 1. The van der Waals surface area contributed by atoms with Crippen molar-refractivity contribution >= 4 is 5.78 Å². The Bertz CT molecular complexity index is 185. The van der Waals surface area contributed by atoms with Crippen molar-refractivity contribution in [2.24, 2.45) is 11.8 Å². The Morgan fingerprint density at radius 1 is 1.31 bits per heavy atom. The fourth-order valence-corrected chi connectivity index (χ4v) is 2.67. The Morgan fingerprint density at radius 2 is 2.08 bits per heavy atom. The van der Waals surface area contributed by atoms with Crippen LogP contribution in [0.3, 0.4) is 0 Å². The summed E-state index contributed by atoms with van der Waals surface area (Å²) in [4.78, 5) is 11.5. The first-order valence-electron chi connectivity index (χ1n) is 5.59. The van der Waals surface area contributed by atoms with E-state index in [1.807, 2.05) is 0 Å². The van der Waals surface area contributed by atoms with Gasteiger partial charge >= 0.3 is 0 Å². The number of carbonyl (C=O) groups is 1. The molecular formula is C11H19NO. The van der Waals surface area contributed by atoms with Crippen molar-refractivity contribution in [3.8, 4) is 0 Å². The van der Waals surface area contributed by atoms with Crippen LogP contribution in [0.2, 0.25) is 0 Å². The first kappa shape index (κ1) is 9.20. The fraction of sp³-hybridized carbons (Fsp3) is 0.909. The molecule has 2 aliphatic rings. The van der Waals surface area contributed by atoms with E-state index in [2.05, 4.69) is 5.32 Å². The summed E-state index contributed by atoms with van der Waals surface area (Å²) in [5.41, 5.74) is 0. The molecule has 0 amide bonds. The number of Topliss-reactive ketones (excluding diaryl/α,β-unsaturated/α-hetero) is 1. The summed E-state index contributed by atoms with van der Waals surface area (Å²) in [5, 5.41) is 3.32. The van der Waals surface area contributed by atoms with Gasteiger partial charge in [-0.2, -0.15) is 0 Å². The van der Waals surface area contributed by atoms with Gasteiger partial charge in [0.15, 0.2) is 0 Å². The summed E-state index contributed by atoms with van der Waals surface area (Å²) in [6.07, 6.45) is 7.43. The lowest BCUT2D eigenvalue weighted by Gasteiger charge is -2.23. The minimum Gasteiger partial charge on any atom is -0.316 e. The van der Waals surface area contributed by atoms with Crippen molar-refractivity contribution in [2.75, 3.05) is 13.1 Å². The third kappa shape index (κ3) is 2.31. The molecule has 13 heavy (non-hydrogen) atoms. The summed E-state index contributed by atoms with van der Waals surface area (Å²) < 4.78 is 0. The SMILES string of the molecule is O=C1CCNCC1CC1CCCC1. The number of rotatable bonds is 2. The third-order valence-corrected chi connectivity index (χ3v) is 3.49. The molecule has 0 radical (unpaired) electrons. The number of carbonyl (C=O) groups excluding carboxylic acids is 1. The maximum Gasteiger partial charge on any atom is 0.138 e. The normalized spacial score (nSPS) is 31.1. The highest BCUT2D eigenvalue weighted by Gasteiger charge is 2.26. The summed E-state index contributed by atoms with van der Waals surface area (Å²) in [7, 11) is 0. The van der Waals surface area contributed by atoms with Gasteiger partial charge in [0.05, 0.1) is 0 Å². The summed E-state index contributed by atoms with van der Waals surface area (Å²) >= 11 is 0. The Balaban J connectivity index is 1.81. The molecule has 1 atom stereocenters. The van der Waals surface area contributed by atoms with Crippen LogP contribution in [0.25, 0.3) is 0 Å². The van der Waals surface area contributed by atoms with Crippen molar-refractivity contribution in [3.63, 3.8) is 0 Å². The van der Waals surface area contributed by atoms with E-state index in [9.17, 15) is 4.79 Å². The molecule has 1 aliphatic carbocycles. The second-order valence-electron chi connectivity index (χ2n) is 4.50. The number of hydrogen-bond donors (Lipinski definition) is 1. The minimum atomic E-state index is 0.344. The molecule has 0 aromatic heterocycles. The van der Waals surface area contributed by atoms with E-state index in [0.29, 0.717) is 11.7 Å². The molecular weight excluding hydrogens is 162 g/mol. The van der Waals surface area contributed by atoms with E-state index >= 15 is 0 Å². The smallest absolute Gasteiger partial charge is 0.138 e. The highest BCUT2D eigenvalue weighted by atomic mass is 16.1. The topological polar surface area (TPSA) is 29.1 Å². The fourth-order valence-electron chi connectivity index (χ4n) is 2.67. The highest BCUT2D eigenvalue weighted by molar-refractivity contribution is 5.82. The number of nitrogens with one attached hydrogen (secondary N) is 1. The van der Waals surface area contributed by atoms with Gasteiger partial charge in [0.25, 0.3) is 0 Å². The van der Waals surface area contributed by atoms with Crippen LogP contribution in [0.15, 0.2) is 0 Å². The molecule has 0 spiro atoms. The van der Waals surface area contributed by atoms with Gasteiger partial charge in [-0.1, -0.05) is 25.7 Å². The molecule has 0 aromatic rings. The molecule has 2 rings (SSSR count). The number of hydrogen-bond acceptors (Lipinski definition) is 2. The van der Waals surface area contributed by atoms with Crippen LogP contribution < -0.4 is 5.32 Å². The highest BCUT2D eigenvalue weighted by Crippen LogP contribution is 2.31. The molecule has 1 saturated heterocycles. The molecule has 1 heterocycles. The van der Waals surface area contributed by atoms with E-state index in [1.54, 1.807) is 0 Å². The van der Waals surface area contributed by atoms with E-state index in [-0.39, 0.29) is 0 Å². The molecule has 2 fully saturated rings. The van der Waals surface area contributed by atoms with Crippen molar-refractivity contribution < 1.29 is 4.79 Å². The van der Waals surface area contributed by atoms with Crippen molar-refractivity contribution in [3.05, 3.63) is 0 Å². The Kier molecular flexibility index (Phi) is 2.99. The zero-order valence-corrected chi connectivity index (χ0v) is 8.22.